The van der Waals surface area contributed by atoms with Crippen LogP contribution in [0.3, 0.4) is 0 Å². The number of benzene rings is 1. The Morgan fingerprint density at radius 2 is 2.11 bits per heavy atom. The highest BCUT2D eigenvalue weighted by Crippen LogP contribution is 2.11. The SMILES string of the molecule is COC(=O)NNC(O)c1cnc2ccccc2n1. The fraction of sp³-hybridized carbons (Fsp3) is 0.182. The van der Waals surface area contributed by atoms with Crippen LogP contribution in [0.2, 0.25) is 0 Å². The molecule has 7 heteroatoms. The van der Waals surface area contributed by atoms with E-state index in [1.54, 1.807) is 6.07 Å². The molecule has 0 aliphatic carbocycles. The Kier molecular flexibility index (Phi) is 3.66. The summed E-state index contributed by atoms with van der Waals surface area (Å²) in [6, 6.07) is 7.28. The topological polar surface area (TPSA) is 96.4 Å². The van der Waals surface area contributed by atoms with E-state index >= 15 is 0 Å². The number of ether oxygens (including phenoxy) is 1. The fourth-order valence-electron chi connectivity index (χ4n) is 1.36. The number of hydrogen-bond donors (Lipinski definition) is 3. The number of amides is 1. The summed E-state index contributed by atoms with van der Waals surface area (Å²) >= 11 is 0. The Morgan fingerprint density at radius 1 is 1.39 bits per heavy atom. The summed E-state index contributed by atoms with van der Waals surface area (Å²) in [7, 11) is 1.22. The Hall–Kier alpha value is -2.25. The lowest BCUT2D eigenvalue weighted by Gasteiger charge is -2.12. The lowest BCUT2D eigenvalue weighted by molar-refractivity contribution is 0.104. The number of methoxy groups -OCH3 is 1. The Balaban J connectivity index is 2.12. The number of fused-ring (bicyclic) bond motifs is 1. The molecule has 1 unspecified atom stereocenters. The average molecular weight is 248 g/mol. The summed E-state index contributed by atoms with van der Waals surface area (Å²) in [4.78, 5) is 19.2. The van der Waals surface area contributed by atoms with Gasteiger partial charge in [0.1, 0.15) is 5.69 Å². The van der Waals surface area contributed by atoms with Gasteiger partial charge < -0.3 is 9.84 Å². The number of aliphatic hydroxyl groups is 1. The first-order chi connectivity index (χ1) is 8.70. The van der Waals surface area contributed by atoms with Crippen molar-refractivity contribution < 1.29 is 14.6 Å². The van der Waals surface area contributed by atoms with Crippen molar-refractivity contribution in [3.63, 3.8) is 0 Å². The monoisotopic (exact) mass is 248 g/mol. The van der Waals surface area contributed by atoms with Crippen molar-refractivity contribution in [2.75, 3.05) is 7.11 Å². The van der Waals surface area contributed by atoms with Crippen LogP contribution in [0, 0.1) is 0 Å². The van der Waals surface area contributed by atoms with Gasteiger partial charge in [-0.25, -0.2) is 9.78 Å². The second-order valence-corrected chi connectivity index (χ2v) is 3.45. The smallest absolute Gasteiger partial charge is 0.421 e. The zero-order valence-corrected chi connectivity index (χ0v) is 9.62. The number of para-hydroxylation sites is 2. The number of carbonyl (C=O) groups excluding carboxylic acids is 1. The summed E-state index contributed by atoms with van der Waals surface area (Å²) < 4.78 is 4.35. The minimum atomic E-state index is -1.17. The lowest BCUT2D eigenvalue weighted by Crippen LogP contribution is -2.40. The highest BCUT2D eigenvalue weighted by Gasteiger charge is 2.11. The number of carbonyl (C=O) groups is 1. The average Bonchev–Trinajstić information content (AvgIpc) is 2.43. The molecule has 1 atom stereocenters. The number of rotatable bonds is 3. The molecular weight excluding hydrogens is 236 g/mol. The molecule has 0 bridgehead atoms. The number of aromatic nitrogens is 2. The van der Waals surface area contributed by atoms with Crippen molar-refractivity contribution in [1.82, 2.24) is 20.8 Å². The Bertz CT molecular complexity index is 561. The molecule has 18 heavy (non-hydrogen) atoms. The molecule has 94 valence electrons. The van der Waals surface area contributed by atoms with Crippen LogP contribution in [0.4, 0.5) is 4.79 Å². The molecule has 1 amide bonds. The van der Waals surface area contributed by atoms with Gasteiger partial charge in [0.05, 0.1) is 24.3 Å². The van der Waals surface area contributed by atoms with Crippen LogP contribution in [0.1, 0.15) is 11.9 Å². The first-order valence-electron chi connectivity index (χ1n) is 5.20. The molecule has 0 fully saturated rings. The predicted octanol–water partition coefficient (Wildman–Crippen LogP) is 0.481. The number of hydrogen-bond acceptors (Lipinski definition) is 6. The summed E-state index contributed by atoms with van der Waals surface area (Å²) in [5.41, 5.74) is 6.18. The number of hydrazine groups is 1. The largest absolute Gasteiger partial charge is 0.452 e. The van der Waals surface area contributed by atoms with E-state index in [2.05, 4.69) is 25.6 Å². The second kappa shape index (κ2) is 5.39. The van der Waals surface area contributed by atoms with Crippen LogP contribution in [-0.2, 0) is 4.74 Å². The fourth-order valence-corrected chi connectivity index (χ4v) is 1.36. The number of nitrogens with one attached hydrogen (secondary N) is 2. The molecule has 2 rings (SSSR count). The van der Waals surface area contributed by atoms with Crippen LogP contribution in [0.15, 0.2) is 30.5 Å². The minimum Gasteiger partial charge on any atom is -0.452 e. The zero-order chi connectivity index (χ0) is 13.0. The van der Waals surface area contributed by atoms with E-state index in [1.165, 1.54) is 13.3 Å². The van der Waals surface area contributed by atoms with Crippen LogP contribution < -0.4 is 10.9 Å². The lowest BCUT2D eigenvalue weighted by atomic mass is 10.3. The highest BCUT2D eigenvalue weighted by atomic mass is 16.5. The number of nitrogens with zero attached hydrogens (tertiary/aromatic N) is 2. The van der Waals surface area contributed by atoms with Crippen molar-refractivity contribution in [1.29, 1.82) is 0 Å². The van der Waals surface area contributed by atoms with Gasteiger partial charge in [0.15, 0.2) is 6.23 Å². The van der Waals surface area contributed by atoms with Gasteiger partial charge in [0.25, 0.3) is 0 Å². The molecule has 3 N–H and O–H groups in total. The third kappa shape index (κ3) is 2.70. The maximum atomic E-state index is 10.8. The summed E-state index contributed by atoms with van der Waals surface area (Å²) in [6.45, 7) is 0. The number of aliphatic hydroxyl groups excluding tert-OH is 1. The third-order valence-electron chi connectivity index (χ3n) is 2.24. The van der Waals surface area contributed by atoms with E-state index < -0.39 is 12.3 Å². The minimum absolute atomic E-state index is 0.296. The van der Waals surface area contributed by atoms with E-state index in [-0.39, 0.29) is 0 Å². The second-order valence-electron chi connectivity index (χ2n) is 3.45. The predicted molar refractivity (Wildman–Crippen MR) is 63.2 cm³/mol. The van der Waals surface area contributed by atoms with Crippen molar-refractivity contribution >= 4 is 17.1 Å². The van der Waals surface area contributed by atoms with Gasteiger partial charge in [0.2, 0.25) is 0 Å². The summed E-state index contributed by atoms with van der Waals surface area (Å²) in [5, 5.41) is 9.74. The van der Waals surface area contributed by atoms with Crippen LogP contribution >= 0.6 is 0 Å². The quantitative estimate of drug-likeness (QED) is 0.540. The van der Waals surface area contributed by atoms with Gasteiger partial charge in [0, 0.05) is 0 Å². The third-order valence-corrected chi connectivity index (χ3v) is 2.24. The maximum Gasteiger partial charge on any atom is 0.421 e. The molecule has 0 aliphatic rings. The molecule has 2 aromatic rings. The van der Waals surface area contributed by atoms with Crippen molar-refractivity contribution in [2.24, 2.45) is 0 Å². The van der Waals surface area contributed by atoms with Crippen molar-refractivity contribution in [3.05, 3.63) is 36.2 Å². The highest BCUT2D eigenvalue weighted by molar-refractivity contribution is 5.73. The molecule has 0 saturated heterocycles. The Morgan fingerprint density at radius 3 is 2.83 bits per heavy atom. The molecule has 0 spiro atoms. The maximum absolute atomic E-state index is 10.8. The zero-order valence-electron chi connectivity index (χ0n) is 9.62. The molecule has 0 saturated carbocycles. The molecule has 1 aromatic heterocycles. The molecular formula is C11H12N4O3. The van der Waals surface area contributed by atoms with E-state index in [9.17, 15) is 9.90 Å². The van der Waals surface area contributed by atoms with E-state index in [1.807, 2.05) is 18.2 Å². The first-order valence-corrected chi connectivity index (χ1v) is 5.20. The van der Waals surface area contributed by atoms with E-state index in [4.69, 9.17) is 0 Å². The van der Waals surface area contributed by atoms with Crippen LogP contribution in [0.25, 0.3) is 11.0 Å². The van der Waals surface area contributed by atoms with E-state index in [0.29, 0.717) is 11.2 Å². The normalized spacial score (nSPS) is 12.1. The van der Waals surface area contributed by atoms with Gasteiger partial charge >= 0.3 is 6.09 Å². The molecule has 0 radical (unpaired) electrons. The van der Waals surface area contributed by atoms with Crippen molar-refractivity contribution in [3.8, 4) is 0 Å². The molecule has 0 aliphatic heterocycles. The Labute approximate surface area is 103 Å². The molecule has 7 nitrogen and oxygen atoms in total. The van der Waals surface area contributed by atoms with Crippen LogP contribution in [-0.4, -0.2) is 28.3 Å². The first kappa shape index (κ1) is 12.2. The van der Waals surface area contributed by atoms with Gasteiger partial charge in [-0.3, -0.25) is 10.4 Å². The van der Waals surface area contributed by atoms with Gasteiger partial charge in [-0.05, 0) is 12.1 Å². The van der Waals surface area contributed by atoms with Crippen LogP contribution in [0.5, 0.6) is 0 Å². The van der Waals surface area contributed by atoms with Crippen molar-refractivity contribution in [2.45, 2.75) is 6.23 Å². The van der Waals surface area contributed by atoms with Gasteiger partial charge in [-0.15, -0.1) is 0 Å². The van der Waals surface area contributed by atoms with Gasteiger partial charge in [-0.1, -0.05) is 12.1 Å². The molecule has 1 heterocycles. The van der Waals surface area contributed by atoms with E-state index in [0.717, 1.165) is 5.52 Å². The van der Waals surface area contributed by atoms with Gasteiger partial charge in [-0.2, -0.15) is 5.43 Å². The summed E-state index contributed by atoms with van der Waals surface area (Å²) in [5.74, 6) is 0. The molecule has 1 aromatic carbocycles. The standard InChI is InChI=1S/C11H12N4O3/c1-18-11(17)15-14-10(16)9-6-12-7-4-2-3-5-8(7)13-9/h2-6,10,14,16H,1H3,(H,15,17). The summed E-state index contributed by atoms with van der Waals surface area (Å²) in [6.07, 6.45) is -0.442.